The van der Waals surface area contributed by atoms with Crippen LogP contribution in [0.4, 0.5) is 0 Å². The molecule has 0 amide bonds. The van der Waals surface area contributed by atoms with Gasteiger partial charge in [0.1, 0.15) is 23.0 Å². The number of hydrogen-bond acceptors (Lipinski definition) is 6. The maximum absolute atomic E-state index is 13.2. The molecule has 6 nitrogen and oxygen atoms in total. The standard InChI is InChI=1S/C24H18O3S.C14H14O3S/c25-23-13-11-19(15-21(23)17-7-3-1-4-8-17)28(27)20-12-14-24(26)22(16-20)18-9-5-2-6-10-18;1-9-7-11(3-5-13(9)15)18(17)12-4-6-14(16)10(2)8-12/h1-16,25-26H;3-8,15-16H,1-2H3. The van der Waals surface area contributed by atoms with Crippen molar-refractivity contribution >= 4 is 21.6 Å². The molecule has 0 aromatic heterocycles. The van der Waals surface area contributed by atoms with Gasteiger partial charge in [0.25, 0.3) is 0 Å². The molecule has 0 atom stereocenters. The van der Waals surface area contributed by atoms with Gasteiger partial charge in [-0.25, -0.2) is 8.42 Å². The van der Waals surface area contributed by atoms with Gasteiger partial charge in [-0.05, 0) is 109 Å². The predicted octanol–water partition coefficient (Wildman–Crippen LogP) is 8.48. The lowest BCUT2D eigenvalue weighted by atomic mass is 10.1. The molecule has 0 fully saturated rings. The monoisotopic (exact) mass is 648 g/mol. The van der Waals surface area contributed by atoms with Gasteiger partial charge in [-0.15, -0.1) is 0 Å². The number of phenols is 4. The van der Waals surface area contributed by atoms with E-state index in [1.807, 2.05) is 60.7 Å². The van der Waals surface area contributed by atoms with Gasteiger partial charge in [0.15, 0.2) is 0 Å². The summed E-state index contributed by atoms with van der Waals surface area (Å²) in [7, 11) is -2.76. The molecule has 6 aromatic carbocycles. The topological polar surface area (TPSA) is 115 Å². The van der Waals surface area contributed by atoms with Gasteiger partial charge in [-0.2, -0.15) is 0 Å². The number of aromatic hydroxyl groups is 4. The van der Waals surface area contributed by atoms with E-state index in [1.54, 1.807) is 74.5 Å². The van der Waals surface area contributed by atoms with Crippen molar-refractivity contribution in [2.24, 2.45) is 0 Å². The van der Waals surface area contributed by atoms with Gasteiger partial charge in [0.05, 0.1) is 21.6 Å². The molecule has 0 aliphatic rings. The molecule has 0 saturated carbocycles. The molecule has 0 spiro atoms. The summed E-state index contributed by atoms with van der Waals surface area (Å²) >= 11 is 0. The van der Waals surface area contributed by atoms with Crippen LogP contribution in [0.15, 0.2) is 153 Å². The van der Waals surface area contributed by atoms with Crippen molar-refractivity contribution in [1.29, 1.82) is 0 Å². The van der Waals surface area contributed by atoms with Crippen LogP contribution in [0.25, 0.3) is 22.3 Å². The molecule has 0 aliphatic heterocycles. The van der Waals surface area contributed by atoms with Crippen LogP contribution >= 0.6 is 0 Å². The Morgan fingerprint density at radius 1 is 0.391 bits per heavy atom. The lowest BCUT2D eigenvalue weighted by Gasteiger charge is -2.10. The molecule has 0 heterocycles. The van der Waals surface area contributed by atoms with Gasteiger partial charge in [0, 0.05) is 30.7 Å². The second-order valence-corrected chi connectivity index (χ2v) is 13.5. The van der Waals surface area contributed by atoms with Crippen LogP contribution in [0.2, 0.25) is 0 Å². The molecule has 0 aliphatic carbocycles. The van der Waals surface area contributed by atoms with Crippen LogP contribution in [0, 0.1) is 13.8 Å². The minimum absolute atomic E-state index is 0.141. The Balaban J connectivity index is 0.000000200. The molecular weight excluding hydrogens is 617 g/mol. The van der Waals surface area contributed by atoms with Crippen molar-refractivity contribution in [1.82, 2.24) is 0 Å². The first-order chi connectivity index (χ1) is 22.1. The molecule has 0 bridgehead atoms. The normalized spacial score (nSPS) is 10.9. The molecule has 6 aromatic rings. The average Bonchev–Trinajstić information content (AvgIpc) is 3.08. The fraction of sp³-hybridized carbons (Fsp3) is 0.0526. The zero-order chi connectivity index (χ0) is 32.8. The summed E-state index contributed by atoms with van der Waals surface area (Å²) < 4.78 is 25.5. The van der Waals surface area contributed by atoms with Crippen molar-refractivity contribution in [2.75, 3.05) is 0 Å². The second-order valence-electron chi connectivity index (χ2n) is 10.5. The zero-order valence-electron chi connectivity index (χ0n) is 25.1. The van der Waals surface area contributed by atoms with Gasteiger partial charge in [-0.1, -0.05) is 60.7 Å². The first kappa shape index (κ1) is 32.2. The third-order valence-corrected chi connectivity index (χ3v) is 10.0. The maximum atomic E-state index is 13.2. The summed E-state index contributed by atoms with van der Waals surface area (Å²) in [4.78, 5) is 2.44. The lowest BCUT2D eigenvalue weighted by molar-refractivity contribution is 0.470. The predicted molar refractivity (Wildman–Crippen MR) is 182 cm³/mol. The van der Waals surface area contributed by atoms with Crippen molar-refractivity contribution in [3.8, 4) is 45.3 Å². The molecule has 6 rings (SSSR count). The maximum Gasteiger partial charge on any atom is 0.123 e. The SMILES string of the molecule is Cc1cc(S(=O)c2ccc(O)c(C)c2)ccc1O.O=S(c1ccc(O)c(-c2ccccc2)c1)c1ccc(O)c(-c2ccccc2)c1. The fourth-order valence-electron chi connectivity index (χ4n) is 4.72. The van der Waals surface area contributed by atoms with E-state index < -0.39 is 21.6 Å². The second kappa shape index (κ2) is 14.3. The lowest BCUT2D eigenvalue weighted by Crippen LogP contribution is -1.94. The first-order valence-corrected chi connectivity index (χ1v) is 16.6. The van der Waals surface area contributed by atoms with Crippen molar-refractivity contribution in [3.63, 3.8) is 0 Å². The van der Waals surface area contributed by atoms with Crippen molar-refractivity contribution in [2.45, 2.75) is 33.4 Å². The molecule has 0 radical (unpaired) electrons. The van der Waals surface area contributed by atoms with Crippen LogP contribution < -0.4 is 0 Å². The molecule has 8 heteroatoms. The van der Waals surface area contributed by atoms with Crippen LogP contribution in [-0.2, 0) is 21.6 Å². The number of rotatable bonds is 6. The number of benzene rings is 6. The molecule has 232 valence electrons. The van der Waals surface area contributed by atoms with Gasteiger partial charge >= 0.3 is 0 Å². The summed E-state index contributed by atoms with van der Waals surface area (Å²) in [6.45, 7) is 3.52. The smallest absolute Gasteiger partial charge is 0.123 e. The van der Waals surface area contributed by atoms with Gasteiger partial charge in [0.2, 0.25) is 0 Å². The van der Waals surface area contributed by atoms with Crippen LogP contribution in [-0.4, -0.2) is 28.8 Å². The molecule has 0 unspecified atom stereocenters. The Morgan fingerprint density at radius 2 is 0.696 bits per heavy atom. The van der Waals surface area contributed by atoms with Crippen molar-refractivity contribution < 1.29 is 28.8 Å². The minimum atomic E-state index is -1.45. The number of aryl methyl sites for hydroxylation is 2. The molecular formula is C38H32O6S2. The Hall–Kier alpha value is -5.18. The summed E-state index contributed by atoms with van der Waals surface area (Å²) in [6, 6.07) is 38.7. The van der Waals surface area contributed by atoms with E-state index in [4.69, 9.17) is 0 Å². The van der Waals surface area contributed by atoms with E-state index in [1.165, 1.54) is 12.1 Å². The Kier molecular flexibility index (Phi) is 10.0. The highest BCUT2D eigenvalue weighted by atomic mass is 32.2. The van der Waals surface area contributed by atoms with Gasteiger partial charge in [-0.3, -0.25) is 0 Å². The molecule has 0 saturated heterocycles. The van der Waals surface area contributed by atoms with Crippen LogP contribution in [0.1, 0.15) is 11.1 Å². The summed E-state index contributed by atoms with van der Waals surface area (Å²) in [5.41, 5.74) is 4.36. The zero-order valence-corrected chi connectivity index (χ0v) is 26.8. The fourth-order valence-corrected chi connectivity index (χ4v) is 7.05. The van der Waals surface area contributed by atoms with E-state index in [9.17, 15) is 28.8 Å². The van der Waals surface area contributed by atoms with Crippen LogP contribution in [0.5, 0.6) is 23.0 Å². The highest BCUT2D eigenvalue weighted by Crippen LogP contribution is 2.35. The van der Waals surface area contributed by atoms with Gasteiger partial charge < -0.3 is 20.4 Å². The average molecular weight is 649 g/mol. The van der Waals surface area contributed by atoms with E-state index in [-0.39, 0.29) is 23.0 Å². The molecule has 4 N–H and O–H groups in total. The van der Waals surface area contributed by atoms with Crippen molar-refractivity contribution in [3.05, 3.63) is 145 Å². The third kappa shape index (κ3) is 7.37. The number of hydrogen-bond donors (Lipinski definition) is 4. The number of phenolic OH excluding ortho intramolecular Hbond substituents is 4. The quantitative estimate of drug-likeness (QED) is 0.144. The van der Waals surface area contributed by atoms with E-state index in [0.29, 0.717) is 41.8 Å². The van der Waals surface area contributed by atoms with E-state index >= 15 is 0 Å². The Morgan fingerprint density at radius 3 is 1.02 bits per heavy atom. The Bertz CT molecular complexity index is 1900. The first-order valence-electron chi connectivity index (χ1n) is 14.3. The summed E-state index contributed by atoms with van der Waals surface area (Å²) in [6.07, 6.45) is 0. The molecule has 46 heavy (non-hydrogen) atoms. The summed E-state index contributed by atoms with van der Waals surface area (Å²) in [5, 5.41) is 39.4. The van der Waals surface area contributed by atoms with E-state index in [0.717, 1.165) is 11.1 Å². The highest BCUT2D eigenvalue weighted by molar-refractivity contribution is 7.85. The van der Waals surface area contributed by atoms with Crippen LogP contribution in [0.3, 0.4) is 0 Å². The largest absolute Gasteiger partial charge is 0.508 e. The highest BCUT2D eigenvalue weighted by Gasteiger charge is 2.15. The third-order valence-electron chi connectivity index (χ3n) is 7.30. The minimum Gasteiger partial charge on any atom is -0.508 e. The van der Waals surface area contributed by atoms with E-state index in [2.05, 4.69) is 0 Å². The summed E-state index contributed by atoms with van der Waals surface area (Å²) in [5.74, 6) is 0.667. The Labute approximate surface area is 272 Å².